The molecule has 2 aromatic rings. The number of hydrogen-bond donors (Lipinski definition) is 2. The first kappa shape index (κ1) is 15.3. The molecular formula is C19H25N5O. The van der Waals surface area contributed by atoms with Crippen LogP contribution in [0.2, 0.25) is 0 Å². The smallest absolute Gasteiger partial charge is 0.355 e. The second kappa shape index (κ2) is 5.80. The van der Waals surface area contributed by atoms with Crippen LogP contribution in [0.1, 0.15) is 49.1 Å². The maximum Gasteiger partial charge on any atom is 0.355 e. The molecule has 2 fully saturated rings. The van der Waals surface area contributed by atoms with Gasteiger partial charge in [0.1, 0.15) is 0 Å². The maximum atomic E-state index is 6.64. The molecule has 1 heterocycles. The van der Waals surface area contributed by atoms with E-state index in [-0.39, 0.29) is 11.5 Å². The molecule has 6 heteroatoms. The van der Waals surface area contributed by atoms with Gasteiger partial charge in [-0.1, -0.05) is 34.5 Å². The number of nitrogens with one attached hydrogen (secondary N) is 1. The molecule has 2 saturated carbocycles. The van der Waals surface area contributed by atoms with Crippen molar-refractivity contribution >= 4 is 0 Å². The van der Waals surface area contributed by atoms with E-state index in [1.165, 1.54) is 25.7 Å². The van der Waals surface area contributed by atoms with Gasteiger partial charge in [0.25, 0.3) is 0 Å². The van der Waals surface area contributed by atoms with Gasteiger partial charge >= 0.3 is 6.01 Å². The highest BCUT2D eigenvalue weighted by atomic mass is 16.5. The molecule has 3 aliphatic carbocycles. The van der Waals surface area contributed by atoms with E-state index in [1.807, 2.05) is 0 Å². The lowest BCUT2D eigenvalue weighted by Crippen LogP contribution is -2.52. The van der Waals surface area contributed by atoms with Crippen molar-refractivity contribution in [3.8, 4) is 6.01 Å². The minimum absolute atomic E-state index is 0.0636. The molecule has 0 spiro atoms. The van der Waals surface area contributed by atoms with E-state index in [9.17, 15) is 0 Å². The average molecular weight is 339 g/mol. The first-order valence-corrected chi connectivity index (χ1v) is 9.47. The third-order valence-electron chi connectivity index (χ3n) is 7.22. The molecule has 0 aliphatic heterocycles. The number of aromatic amines is 1. The molecule has 0 bridgehead atoms. The van der Waals surface area contributed by atoms with Gasteiger partial charge in [0.15, 0.2) is 0 Å². The van der Waals surface area contributed by atoms with Crippen LogP contribution in [-0.2, 0) is 6.42 Å². The van der Waals surface area contributed by atoms with Crippen molar-refractivity contribution in [3.63, 3.8) is 0 Å². The fraction of sp³-hybridized carbons (Fsp3) is 0.632. The Hall–Kier alpha value is -1.95. The number of aromatic nitrogens is 4. The molecule has 0 radical (unpaired) electrons. The fourth-order valence-corrected chi connectivity index (χ4v) is 6.07. The summed E-state index contributed by atoms with van der Waals surface area (Å²) in [6, 6.07) is 9.59. The van der Waals surface area contributed by atoms with Crippen molar-refractivity contribution in [2.45, 2.75) is 50.5 Å². The zero-order chi connectivity index (χ0) is 16.9. The third-order valence-corrected chi connectivity index (χ3v) is 7.22. The van der Waals surface area contributed by atoms with Gasteiger partial charge in [0, 0.05) is 11.5 Å². The summed E-state index contributed by atoms with van der Waals surface area (Å²) in [6.45, 7) is 0.614. The minimum atomic E-state index is 0.0636. The number of H-pyrrole nitrogens is 1. The molecular weight excluding hydrogens is 314 g/mol. The van der Waals surface area contributed by atoms with Gasteiger partial charge in [0.05, 0.1) is 6.61 Å². The lowest BCUT2D eigenvalue weighted by molar-refractivity contribution is -0.00748. The Morgan fingerprint density at radius 2 is 2.12 bits per heavy atom. The zero-order valence-corrected chi connectivity index (χ0v) is 14.4. The Bertz CT molecular complexity index is 748. The van der Waals surface area contributed by atoms with Crippen molar-refractivity contribution in [3.05, 3.63) is 35.4 Å². The van der Waals surface area contributed by atoms with E-state index in [0.717, 1.165) is 18.8 Å². The molecule has 6 nitrogen and oxygen atoms in total. The van der Waals surface area contributed by atoms with Gasteiger partial charge in [-0.3, -0.25) is 0 Å². The number of tetrazole rings is 1. The van der Waals surface area contributed by atoms with Gasteiger partial charge in [-0.15, -0.1) is 0 Å². The highest BCUT2D eigenvalue weighted by Crippen LogP contribution is 2.60. The predicted octanol–water partition coefficient (Wildman–Crippen LogP) is 2.44. The molecule has 132 valence electrons. The molecule has 3 N–H and O–H groups in total. The van der Waals surface area contributed by atoms with Gasteiger partial charge < -0.3 is 10.5 Å². The zero-order valence-electron chi connectivity index (χ0n) is 14.4. The number of fused-ring (bicyclic) bond motifs is 5. The van der Waals surface area contributed by atoms with E-state index in [4.69, 9.17) is 10.5 Å². The molecule has 25 heavy (non-hydrogen) atoms. The van der Waals surface area contributed by atoms with Crippen LogP contribution in [-0.4, -0.2) is 33.3 Å². The Morgan fingerprint density at radius 1 is 1.20 bits per heavy atom. The SMILES string of the molecule is N[C@H]1CC[C@H]2[C@@H]3CCc4ccccc4[C@H]3CC[C@]12COc1nn[nH]n1. The lowest BCUT2D eigenvalue weighted by Gasteiger charge is -2.51. The van der Waals surface area contributed by atoms with Crippen LogP contribution < -0.4 is 10.5 Å². The van der Waals surface area contributed by atoms with Crippen LogP contribution in [0, 0.1) is 17.3 Å². The van der Waals surface area contributed by atoms with E-state index in [0.29, 0.717) is 24.5 Å². The van der Waals surface area contributed by atoms with E-state index in [1.54, 1.807) is 11.1 Å². The predicted molar refractivity (Wildman–Crippen MR) is 93.0 cm³/mol. The van der Waals surface area contributed by atoms with Crippen LogP contribution >= 0.6 is 0 Å². The molecule has 1 aromatic heterocycles. The summed E-state index contributed by atoms with van der Waals surface area (Å²) in [6.07, 6.45) is 7.15. The van der Waals surface area contributed by atoms with Crippen molar-refractivity contribution in [1.82, 2.24) is 20.6 Å². The second-order valence-electron chi connectivity index (χ2n) is 8.05. The second-order valence-corrected chi connectivity index (χ2v) is 8.05. The van der Waals surface area contributed by atoms with Crippen molar-refractivity contribution in [1.29, 1.82) is 0 Å². The van der Waals surface area contributed by atoms with E-state index >= 15 is 0 Å². The molecule has 3 aliphatic rings. The van der Waals surface area contributed by atoms with Crippen molar-refractivity contribution in [2.75, 3.05) is 6.61 Å². The Balaban J connectivity index is 1.43. The number of aryl methyl sites for hydroxylation is 1. The summed E-state index contributed by atoms with van der Waals surface area (Å²) < 4.78 is 5.91. The highest BCUT2D eigenvalue weighted by molar-refractivity contribution is 5.35. The van der Waals surface area contributed by atoms with Crippen LogP contribution in [0.4, 0.5) is 0 Å². The molecule has 0 unspecified atom stereocenters. The molecule has 0 saturated heterocycles. The van der Waals surface area contributed by atoms with E-state index in [2.05, 4.69) is 44.9 Å². The van der Waals surface area contributed by atoms with Crippen LogP contribution in [0.25, 0.3) is 0 Å². The summed E-state index contributed by atoms with van der Waals surface area (Å²) in [4.78, 5) is 0. The first-order chi connectivity index (χ1) is 12.3. The van der Waals surface area contributed by atoms with Crippen LogP contribution in [0.3, 0.4) is 0 Å². The summed E-state index contributed by atoms with van der Waals surface area (Å²) in [5, 5.41) is 13.9. The van der Waals surface area contributed by atoms with E-state index < -0.39 is 0 Å². The number of nitrogens with two attached hydrogens (primary N) is 1. The quantitative estimate of drug-likeness (QED) is 0.896. The summed E-state index contributed by atoms with van der Waals surface area (Å²) in [5.41, 5.74) is 9.85. The maximum absolute atomic E-state index is 6.64. The number of rotatable bonds is 3. The van der Waals surface area contributed by atoms with Gasteiger partial charge in [-0.2, -0.15) is 5.21 Å². The lowest BCUT2D eigenvalue weighted by atomic mass is 9.54. The molecule has 5 atom stereocenters. The highest BCUT2D eigenvalue weighted by Gasteiger charge is 2.56. The minimum Gasteiger partial charge on any atom is -0.461 e. The van der Waals surface area contributed by atoms with Crippen molar-refractivity contribution < 1.29 is 4.74 Å². The Labute approximate surface area is 147 Å². The summed E-state index contributed by atoms with van der Waals surface area (Å²) in [7, 11) is 0. The number of nitrogens with zero attached hydrogens (tertiary/aromatic N) is 3. The average Bonchev–Trinajstić information content (AvgIpc) is 3.28. The van der Waals surface area contributed by atoms with Gasteiger partial charge in [0.2, 0.25) is 0 Å². The van der Waals surface area contributed by atoms with Gasteiger partial charge in [-0.25, -0.2) is 0 Å². The normalized spacial score (nSPS) is 36.4. The Morgan fingerprint density at radius 3 is 3.00 bits per heavy atom. The summed E-state index contributed by atoms with van der Waals surface area (Å²) >= 11 is 0. The molecule has 0 amide bonds. The number of ether oxygens (including phenoxy) is 1. The monoisotopic (exact) mass is 339 g/mol. The van der Waals surface area contributed by atoms with Crippen molar-refractivity contribution in [2.24, 2.45) is 23.0 Å². The number of benzene rings is 1. The number of hydrogen-bond acceptors (Lipinski definition) is 5. The Kier molecular flexibility index (Phi) is 3.55. The summed E-state index contributed by atoms with van der Waals surface area (Å²) in [5.74, 6) is 2.06. The third kappa shape index (κ3) is 2.30. The fourth-order valence-electron chi connectivity index (χ4n) is 6.07. The largest absolute Gasteiger partial charge is 0.461 e. The van der Waals surface area contributed by atoms with Crippen LogP contribution in [0.5, 0.6) is 6.01 Å². The first-order valence-electron chi connectivity index (χ1n) is 9.47. The molecule has 5 rings (SSSR count). The molecule has 1 aromatic carbocycles. The van der Waals surface area contributed by atoms with Gasteiger partial charge in [-0.05, 0) is 72.6 Å². The topological polar surface area (TPSA) is 89.7 Å². The standard InChI is InChI=1S/C19H25N5O/c20-17-8-7-16-15-6-5-12-3-1-2-4-13(12)14(15)9-10-19(16,17)11-25-18-21-23-24-22-18/h1-4,14-17H,5-11,20H2,(H,21,22,23,24)/t14-,15-,16+,17+,19-/m1/s1. The van der Waals surface area contributed by atoms with Crippen LogP contribution in [0.15, 0.2) is 24.3 Å².